The number of rotatable bonds is 8. The van der Waals surface area contributed by atoms with Crippen LogP contribution >= 0.6 is 0 Å². The summed E-state index contributed by atoms with van der Waals surface area (Å²) in [6.45, 7) is 11.4. The van der Waals surface area contributed by atoms with Crippen molar-refractivity contribution in [2.75, 3.05) is 33.8 Å². The molecule has 1 rings (SSSR count). The lowest BCUT2D eigenvalue weighted by Gasteiger charge is -2.21. The van der Waals surface area contributed by atoms with Gasteiger partial charge in [-0.2, -0.15) is 0 Å². The Hall–Kier alpha value is -1.75. The first-order valence-electron chi connectivity index (χ1n) is 8.69. The Balaban J connectivity index is 2.28. The molecule has 0 aliphatic heterocycles. The zero-order valence-corrected chi connectivity index (χ0v) is 16.1. The summed E-state index contributed by atoms with van der Waals surface area (Å²) in [6, 6.07) is 8.30. The van der Waals surface area contributed by atoms with Crippen LogP contribution in [0.2, 0.25) is 0 Å². The molecule has 0 saturated heterocycles. The molecule has 1 aromatic rings. The molecule has 0 fully saturated rings. The first-order valence-corrected chi connectivity index (χ1v) is 8.69. The normalized spacial score (nSPS) is 13.5. The van der Waals surface area contributed by atoms with E-state index in [0.717, 1.165) is 37.8 Å². The van der Waals surface area contributed by atoms with Crippen molar-refractivity contribution in [3.05, 3.63) is 29.8 Å². The maximum absolute atomic E-state index is 5.20. The topological polar surface area (TPSA) is 57.7 Å². The van der Waals surface area contributed by atoms with Crippen LogP contribution in [0.4, 0.5) is 0 Å². The van der Waals surface area contributed by atoms with E-state index in [4.69, 9.17) is 4.74 Å². The second-order valence-corrected chi connectivity index (χ2v) is 7.07. The highest BCUT2D eigenvalue weighted by molar-refractivity contribution is 5.79. The van der Waals surface area contributed by atoms with Gasteiger partial charge < -0.3 is 20.7 Å². The predicted molar refractivity (Wildman–Crippen MR) is 103 cm³/mol. The maximum atomic E-state index is 5.20. The second kappa shape index (κ2) is 10.2. The van der Waals surface area contributed by atoms with Gasteiger partial charge in [-0.15, -0.1) is 0 Å². The van der Waals surface area contributed by atoms with Gasteiger partial charge in [0.2, 0.25) is 0 Å². The Morgan fingerprint density at radius 2 is 1.71 bits per heavy atom. The molecule has 0 radical (unpaired) electrons. The van der Waals surface area contributed by atoms with Gasteiger partial charge in [-0.1, -0.05) is 19.1 Å². The van der Waals surface area contributed by atoms with Crippen molar-refractivity contribution in [1.29, 1.82) is 0 Å². The fourth-order valence-corrected chi connectivity index (χ4v) is 2.35. The number of ether oxygens (including phenoxy) is 1. The van der Waals surface area contributed by atoms with E-state index in [2.05, 4.69) is 60.8 Å². The molecule has 0 amide bonds. The fourth-order valence-electron chi connectivity index (χ4n) is 2.35. The Labute approximate surface area is 147 Å². The summed E-state index contributed by atoms with van der Waals surface area (Å²) in [6.07, 6.45) is 1.05. The Morgan fingerprint density at radius 1 is 1.08 bits per heavy atom. The first-order chi connectivity index (χ1) is 11.4. The SMILES string of the molecule is CN=C(NCCNC(C)(C)C)NCCC(C)c1ccc(OC)cc1. The number of guanidine groups is 1. The summed E-state index contributed by atoms with van der Waals surface area (Å²) in [5, 5.41) is 10.2. The lowest BCUT2D eigenvalue weighted by Crippen LogP contribution is -2.44. The molecule has 1 aromatic carbocycles. The van der Waals surface area contributed by atoms with Gasteiger partial charge in [-0.3, -0.25) is 4.99 Å². The van der Waals surface area contributed by atoms with Crippen LogP contribution in [-0.2, 0) is 0 Å². The maximum Gasteiger partial charge on any atom is 0.191 e. The Kier molecular flexibility index (Phi) is 8.61. The number of benzene rings is 1. The van der Waals surface area contributed by atoms with Gasteiger partial charge >= 0.3 is 0 Å². The van der Waals surface area contributed by atoms with E-state index in [-0.39, 0.29) is 5.54 Å². The van der Waals surface area contributed by atoms with Crippen LogP contribution in [0.3, 0.4) is 0 Å². The molecule has 0 bridgehead atoms. The number of nitrogens with one attached hydrogen (secondary N) is 3. The number of hydrogen-bond donors (Lipinski definition) is 3. The third-order valence-electron chi connectivity index (χ3n) is 3.85. The van der Waals surface area contributed by atoms with E-state index >= 15 is 0 Å². The third kappa shape index (κ3) is 8.20. The van der Waals surface area contributed by atoms with Gasteiger partial charge in [-0.25, -0.2) is 0 Å². The first kappa shape index (κ1) is 20.3. The van der Waals surface area contributed by atoms with Crippen LogP contribution in [-0.4, -0.2) is 45.3 Å². The molecule has 1 atom stereocenters. The van der Waals surface area contributed by atoms with Crippen molar-refractivity contribution in [2.45, 2.75) is 45.6 Å². The molecule has 0 aliphatic carbocycles. The van der Waals surface area contributed by atoms with Crippen LogP contribution in [0.1, 0.15) is 45.6 Å². The van der Waals surface area contributed by atoms with Crippen molar-refractivity contribution in [2.24, 2.45) is 4.99 Å². The summed E-state index contributed by atoms with van der Waals surface area (Å²) in [4.78, 5) is 4.26. The molecule has 0 aromatic heterocycles. The van der Waals surface area contributed by atoms with Crippen LogP contribution in [0.25, 0.3) is 0 Å². The molecule has 0 spiro atoms. The Bertz CT molecular complexity index is 491. The van der Waals surface area contributed by atoms with Gasteiger partial charge in [0.05, 0.1) is 7.11 Å². The fraction of sp³-hybridized carbons (Fsp3) is 0.632. The van der Waals surface area contributed by atoms with Crippen LogP contribution < -0.4 is 20.7 Å². The zero-order chi connectivity index (χ0) is 18.0. The van der Waals surface area contributed by atoms with Crippen LogP contribution in [0.5, 0.6) is 5.75 Å². The molecule has 5 heteroatoms. The molecule has 5 nitrogen and oxygen atoms in total. The van der Waals surface area contributed by atoms with Crippen molar-refractivity contribution in [3.63, 3.8) is 0 Å². The average Bonchev–Trinajstić information content (AvgIpc) is 2.56. The molecule has 3 N–H and O–H groups in total. The minimum Gasteiger partial charge on any atom is -0.497 e. The lowest BCUT2D eigenvalue weighted by atomic mass is 9.98. The van der Waals surface area contributed by atoms with Gasteiger partial charge in [0.15, 0.2) is 5.96 Å². The number of methoxy groups -OCH3 is 1. The second-order valence-electron chi connectivity index (χ2n) is 7.07. The smallest absolute Gasteiger partial charge is 0.191 e. The quantitative estimate of drug-likeness (QED) is 0.389. The van der Waals surface area contributed by atoms with Gasteiger partial charge in [0.1, 0.15) is 5.75 Å². The minimum absolute atomic E-state index is 0.145. The molecule has 0 aliphatic rings. The highest BCUT2D eigenvalue weighted by Crippen LogP contribution is 2.21. The standard InChI is InChI=1S/C19H34N4O/c1-15(16-7-9-17(24-6)10-8-16)11-12-21-18(20-5)22-13-14-23-19(2,3)4/h7-10,15,23H,11-14H2,1-6H3,(H2,20,21,22). The summed E-state index contributed by atoms with van der Waals surface area (Å²) >= 11 is 0. The number of aliphatic imine (C=N–C) groups is 1. The molecule has 0 saturated carbocycles. The summed E-state index contributed by atoms with van der Waals surface area (Å²) < 4.78 is 5.20. The van der Waals surface area contributed by atoms with E-state index in [1.54, 1.807) is 14.2 Å². The van der Waals surface area contributed by atoms with Crippen LogP contribution in [0.15, 0.2) is 29.3 Å². The molecule has 24 heavy (non-hydrogen) atoms. The summed E-state index contributed by atoms with van der Waals surface area (Å²) in [5.41, 5.74) is 1.47. The lowest BCUT2D eigenvalue weighted by molar-refractivity contribution is 0.414. The monoisotopic (exact) mass is 334 g/mol. The zero-order valence-electron chi connectivity index (χ0n) is 16.1. The highest BCUT2D eigenvalue weighted by Gasteiger charge is 2.08. The largest absolute Gasteiger partial charge is 0.497 e. The molecular weight excluding hydrogens is 300 g/mol. The van der Waals surface area contributed by atoms with Crippen molar-refractivity contribution < 1.29 is 4.74 Å². The molecule has 1 unspecified atom stereocenters. The van der Waals surface area contributed by atoms with E-state index in [9.17, 15) is 0 Å². The summed E-state index contributed by atoms with van der Waals surface area (Å²) in [5.74, 6) is 2.24. The van der Waals surface area contributed by atoms with Gasteiger partial charge in [0, 0.05) is 32.2 Å². The van der Waals surface area contributed by atoms with Crippen molar-refractivity contribution in [3.8, 4) is 5.75 Å². The highest BCUT2D eigenvalue weighted by atomic mass is 16.5. The van der Waals surface area contributed by atoms with Gasteiger partial charge in [-0.05, 0) is 50.8 Å². The molecule has 0 heterocycles. The third-order valence-corrected chi connectivity index (χ3v) is 3.85. The van der Waals surface area contributed by atoms with E-state index < -0.39 is 0 Å². The van der Waals surface area contributed by atoms with E-state index in [0.29, 0.717) is 5.92 Å². The number of hydrogen-bond acceptors (Lipinski definition) is 3. The Morgan fingerprint density at radius 3 is 2.25 bits per heavy atom. The van der Waals surface area contributed by atoms with E-state index in [1.807, 2.05) is 12.1 Å². The molecule has 136 valence electrons. The predicted octanol–water partition coefficient (Wildman–Crippen LogP) is 2.74. The molecular formula is C19H34N4O. The van der Waals surface area contributed by atoms with Gasteiger partial charge in [0.25, 0.3) is 0 Å². The number of nitrogens with zero attached hydrogens (tertiary/aromatic N) is 1. The minimum atomic E-state index is 0.145. The van der Waals surface area contributed by atoms with Crippen molar-refractivity contribution >= 4 is 5.96 Å². The van der Waals surface area contributed by atoms with E-state index in [1.165, 1.54) is 5.56 Å². The van der Waals surface area contributed by atoms with Crippen LogP contribution in [0, 0.1) is 0 Å². The van der Waals surface area contributed by atoms with Crippen molar-refractivity contribution in [1.82, 2.24) is 16.0 Å². The summed E-state index contributed by atoms with van der Waals surface area (Å²) in [7, 11) is 3.50. The average molecular weight is 335 g/mol.